The highest BCUT2D eigenvalue weighted by molar-refractivity contribution is 5.99. The maximum atomic E-state index is 13.0. The zero-order chi connectivity index (χ0) is 17.8. The molecule has 2 heterocycles. The summed E-state index contributed by atoms with van der Waals surface area (Å²) in [7, 11) is 0. The number of aromatic nitrogens is 1. The fraction of sp³-hybridized carbons (Fsp3) is 0.400. The molecule has 5 heteroatoms. The lowest BCUT2D eigenvalue weighted by Gasteiger charge is -2.39. The van der Waals surface area contributed by atoms with Crippen molar-refractivity contribution in [3.8, 4) is 5.75 Å². The number of benzene rings is 1. The van der Waals surface area contributed by atoms with Gasteiger partial charge in [0.15, 0.2) is 17.7 Å². The first-order chi connectivity index (χ1) is 12.2. The molecular weight excluding hydrogens is 314 g/mol. The van der Waals surface area contributed by atoms with Gasteiger partial charge in [0.05, 0.1) is 6.04 Å². The third kappa shape index (κ3) is 3.51. The van der Waals surface area contributed by atoms with Crippen LogP contribution in [0.25, 0.3) is 0 Å². The van der Waals surface area contributed by atoms with Crippen molar-refractivity contribution in [2.75, 3.05) is 24.5 Å². The van der Waals surface area contributed by atoms with Crippen LogP contribution in [0.15, 0.2) is 48.7 Å². The van der Waals surface area contributed by atoms with Gasteiger partial charge in [-0.3, -0.25) is 9.69 Å². The maximum Gasteiger partial charge on any atom is 0.269 e. The minimum atomic E-state index is -0.514. The van der Waals surface area contributed by atoms with Gasteiger partial charge in [-0.25, -0.2) is 4.98 Å². The van der Waals surface area contributed by atoms with Crippen molar-refractivity contribution in [1.29, 1.82) is 0 Å². The molecule has 1 amide bonds. The Bertz CT molecular complexity index is 716. The number of carbonyl (C=O) groups excluding carboxylic acids is 1. The Kier molecular flexibility index (Phi) is 5.34. The predicted molar refractivity (Wildman–Crippen MR) is 98.8 cm³/mol. The van der Waals surface area contributed by atoms with Gasteiger partial charge < -0.3 is 9.64 Å². The van der Waals surface area contributed by atoms with E-state index >= 15 is 0 Å². The number of carbonyl (C=O) groups is 1. The van der Waals surface area contributed by atoms with E-state index in [1.807, 2.05) is 35.2 Å². The molecule has 0 radical (unpaired) electrons. The zero-order valence-corrected chi connectivity index (χ0v) is 15.1. The van der Waals surface area contributed by atoms with Gasteiger partial charge in [0, 0.05) is 12.7 Å². The van der Waals surface area contributed by atoms with Gasteiger partial charge in [0.2, 0.25) is 0 Å². The summed E-state index contributed by atoms with van der Waals surface area (Å²) in [6.07, 6.45) is 1.19. The van der Waals surface area contributed by atoms with Crippen LogP contribution in [0.3, 0.4) is 0 Å². The minimum Gasteiger partial charge on any atom is -0.477 e. The molecule has 0 saturated carbocycles. The van der Waals surface area contributed by atoms with E-state index in [2.05, 4.69) is 35.9 Å². The molecule has 0 N–H and O–H groups in total. The van der Waals surface area contributed by atoms with Crippen molar-refractivity contribution in [3.05, 3.63) is 54.2 Å². The number of hydrogen-bond acceptors (Lipinski definition) is 4. The second-order valence-corrected chi connectivity index (χ2v) is 6.21. The molecule has 5 nitrogen and oxygen atoms in total. The van der Waals surface area contributed by atoms with Gasteiger partial charge >= 0.3 is 0 Å². The van der Waals surface area contributed by atoms with Crippen LogP contribution in [-0.4, -0.2) is 41.5 Å². The van der Waals surface area contributed by atoms with E-state index in [1.165, 1.54) is 0 Å². The molecule has 25 heavy (non-hydrogen) atoms. The lowest BCUT2D eigenvalue weighted by molar-refractivity contribution is -0.126. The van der Waals surface area contributed by atoms with Crippen LogP contribution in [0.1, 0.15) is 32.4 Å². The molecule has 2 atom stereocenters. The molecule has 0 bridgehead atoms. The highest BCUT2D eigenvalue weighted by Gasteiger charge is 2.38. The Morgan fingerprint density at radius 1 is 1.16 bits per heavy atom. The standard InChI is InChI=1S/C20H25N3O2/c1-4-22(5-2)14-17(16-10-7-6-8-11-16)23-19-18(12-9-13-21-19)25-15(3)20(23)24/h6-13,15,17H,4-5,14H2,1-3H3. The van der Waals surface area contributed by atoms with E-state index in [0.29, 0.717) is 11.6 Å². The minimum absolute atomic E-state index is 0.0489. The fourth-order valence-electron chi connectivity index (χ4n) is 3.24. The maximum absolute atomic E-state index is 13.0. The summed E-state index contributed by atoms with van der Waals surface area (Å²) in [5.74, 6) is 1.22. The second kappa shape index (κ2) is 7.66. The first-order valence-corrected chi connectivity index (χ1v) is 8.87. The van der Waals surface area contributed by atoms with Crippen molar-refractivity contribution in [2.24, 2.45) is 0 Å². The average Bonchev–Trinajstić information content (AvgIpc) is 2.65. The monoisotopic (exact) mass is 339 g/mol. The molecule has 2 unspecified atom stereocenters. The summed E-state index contributed by atoms with van der Waals surface area (Å²) in [4.78, 5) is 21.6. The SMILES string of the molecule is CCN(CC)CC(c1ccccc1)N1C(=O)C(C)Oc2cccnc21. The molecule has 132 valence electrons. The second-order valence-electron chi connectivity index (χ2n) is 6.21. The van der Waals surface area contributed by atoms with Crippen LogP contribution in [0.4, 0.5) is 5.82 Å². The third-order valence-electron chi connectivity index (χ3n) is 4.69. The van der Waals surface area contributed by atoms with Gasteiger partial charge in [-0.15, -0.1) is 0 Å². The van der Waals surface area contributed by atoms with Crippen molar-refractivity contribution < 1.29 is 9.53 Å². The lowest BCUT2D eigenvalue weighted by Crippen LogP contribution is -2.49. The molecule has 0 fully saturated rings. The summed E-state index contributed by atoms with van der Waals surface area (Å²) >= 11 is 0. The van der Waals surface area contributed by atoms with Crippen LogP contribution < -0.4 is 9.64 Å². The first kappa shape index (κ1) is 17.4. The van der Waals surface area contributed by atoms with Crippen LogP contribution in [0.5, 0.6) is 5.75 Å². The molecule has 1 aromatic heterocycles. The van der Waals surface area contributed by atoms with Crippen molar-refractivity contribution >= 4 is 11.7 Å². The van der Waals surface area contributed by atoms with Gasteiger partial charge in [-0.1, -0.05) is 44.2 Å². The molecule has 1 aliphatic rings. The lowest BCUT2D eigenvalue weighted by atomic mass is 10.0. The van der Waals surface area contributed by atoms with Crippen LogP contribution in [0.2, 0.25) is 0 Å². The largest absolute Gasteiger partial charge is 0.477 e. The van der Waals surface area contributed by atoms with E-state index in [-0.39, 0.29) is 11.9 Å². The van der Waals surface area contributed by atoms with Crippen LogP contribution >= 0.6 is 0 Å². The Balaban J connectivity index is 2.07. The number of hydrogen-bond donors (Lipinski definition) is 0. The summed E-state index contributed by atoms with van der Waals surface area (Å²) in [5, 5.41) is 0. The highest BCUT2D eigenvalue weighted by atomic mass is 16.5. The normalized spacial score (nSPS) is 18.0. The van der Waals surface area contributed by atoms with E-state index in [4.69, 9.17) is 4.74 Å². The first-order valence-electron chi connectivity index (χ1n) is 8.87. The molecule has 3 rings (SSSR count). The molecule has 1 aliphatic heterocycles. The molecule has 1 aromatic carbocycles. The van der Waals surface area contributed by atoms with E-state index in [1.54, 1.807) is 13.1 Å². The fourth-order valence-corrected chi connectivity index (χ4v) is 3.24. The average molecular weight is 339 g/mol. The summed E-state index contributed by atoms with van der Waals surface area (Å²) in [6, 6.07) is 13.8. The third-order valence-corrected chi connectivity index (χ3v) is 4.69. The van der Waals surface area contributed by atoms with Crippen molar-refractivity contribution in [2.45, 2.75) is 32.9 Å². The quantitative estimate of drug-likeness (QED) is 0.810. The Morgan fingerprint density at radius 3 is 2.56 bits per heavy atom. The highest BCUT2D eigenvalue weighted by Crippen LogP contribution is 2.37. The van der Waals surface area contributed by atoms with E-state index in [0.717, 1.165) is 25.2 Å². The Labute approximate surface area is 149 Å². The number of anilines is 1. The number of fused-ring (bicyclic) bond motifs is 1. The molecular formula is C20H25N3O2. The number of pyridine rings is 1. The number of ether oxygens (including phenoxy) is 1. The van der Waals surface area contributed by atoms with Crippen molar-refractivity contribution in [1.82, 2.24) is 9.88 Å². The number of likely N-dealkylation sites (N-methyl/N-ethyl adjacent to an activating group) is 1. The topological polar surface area (TPSA) is 45.7 Å². The summed E-state index contributed by atoms with van der Waals surface area (Å²) in [6.45, 7) is 8.70. The Hall–Kier alpha value is -2.40. The summed E-state index contributed by atoms with van der Waals surface area (Å²) < 4.78 is 5.75. The van der Waals surface area contributed by atoms with E-state index in [9.17, 15) is 4.79 Å². The van der Waals surface area contributed by atoms with Gasteiger partial charge in [-0.05, 0) is 37.7 Å². The van der Waals surface area contributed by atoms with Crippen LogP contribution in [-0.2, 0) is 4.79 Å². The van der Waals surface area contributed by atoms with Gasteiger partial charge in [-0.2, -0.15) is 0 Å². The number of amides is 1. The van der Waals surface area contributed by atoms with Gasteiger partial charge in [0.25, 0.3) is 5.91 Å². The van der Waals surface area contributed by atoms with Crippen molar-refractivity contribution in [3.63, 3.8) is 0 Å². The zero-order valence-electron chi connectivity index (χ0n) is 15.1. The van der Waals surface area contributed by atoms with E-state index < -0.39 is 6.10 Å². The Morgan fingerprint density at radius 2 is 1.88 bits per heavy atom. The molecule has 0 spiro atoms. The van der Waals surface area contributed by atoms with Gasteiger partial charge in [0.1, 0.15) is 0 Å². The van der Waals surface area contributed by atoms with Crippen LogP contribution in [0, 0.1) is 0 Å². The number of nitrogens with zero attached hydrogens (tertiary/aromatic N) is 3. The number of rotatable bonds is 6. The predicted octanol–water partition coefficient (Wildman–Crippen LogP) is 3.28. The summed E-state index contributed by atoms with van der Waals surface area (Å²) in [5.41, 5.74) is 1.11. The smallest absolute Gasteiger partial charge is 0.269 e. The molecule has 0 aliphatic carbocycles. The molecule has 0 saturated heterocycles. The molecule has 2 aromatic rings.